The molecule has 1 N–H and O–H groups in total. The molecular formula is C19H20N4O3S. The van der Waals surface area contributed by atoms with Crippen molar-refractivity contribution in [3.63, 3.8) is 0 Å². The first kappa shape index (κ1) is 18.8. The summed E-state index contributed by atoms with van der Waals surface area (Å²) in [6, 6.07) is 8.49. The van der Waals surface area contributed by atoms with Gasteiger partial charge >= 0.3 is 0 Å². The fraction of sp³-hybridized carbons (Fsp3) is 0.263. The summed E-state index contributed by atoms with van der Waals surface area (Å²) in [6.07, 6.45) is 1.38. The van der Waals surface area contributed by atoms with Gasteiger partial charge in [-0.2, -0.15) is 0 Å². The van der Waals surface area contributed by atoms with Crippen LogP contribution in [-0.4, -0.2) is 39.4 Å². The number of hydrogen-bond acceptors (Lipinski definition) is 5. The predicted molar refractivity (Wildman–Crippen MR) is 106 cm³/mol. The molecule has 7 nitrogen and oxygen atoms in total. The Morgan fingerprint density at radius 2 is 2.00 bits per heavy atom. The van der Waals surface area contributed by atoms with Gasteiger partial charge in [-0.3, -0.25) is 19.0 Å². The van der Waals surface area contributed by atoms with Crippen LogP contribution in [0.15, 0.2) is 46.8 Å². The van der Waals surface area contributed by atoms with Gasteiger partial charge in [-0.1, -0.05) is 6.07 Å². The summed E-state index contributed by atoms with van der Waals surface area (Å²) < 4.78 is 1.27. The Labute approximate surface area is 160 Å². The second kappa shape index (κ2) is 8.13. The molecule has 2 heterocycles. The number of nitrogens with zero attached hydrogens (tertiary/aromatic N) is 3. The molecule has 0 aliphatic carbocycles. The number of rotatable bonds is 6. The Morgan fingerprint density at radius 3 is 2.74 bits per heavy atom. The summed E-state index contributed by atoms with van der Waals surface area (Å²) in [5.74, 6) is -0.444. The number of nitrogens with one attached hydrogen (secondary N) is 1. The van der Waals surface area contributed by atoms with E-state index in [0.717, 1.165) is 0 Å². The van der Waals surface area contributed by atoms with Crippen LogP contribution in [0.2, 0.25) is 0 Å². The van der Waals surface area contributed by atoms with Crippen molar-refractivity contribution >= 4 is 39.1 Å². The standard InChI is InChI=1S/C19H20N4O3S/c1-3-22(4-2)18(25)13-6-5-7-14(10-13)21-16(24)11-23-12-20-17-15(19(23)26)8-9-27-17/h5-10,12H,3-4,11H2,1-2H3,(H,21,24). The van der Waals surface area contributed by atoms with E-state index in [1.54, 1.807) is 40.6 Å². The van der Waals surface area contributed by atoms with Gasteiger partial charge < -0.3 is 10.2 Å². The minimum Gasteiger partial charge on any atom is -0.339 e. The minimum atomic E-state index is -0.360. The fourth-order valence-corrected chi connectivity index (χ4v) is 3.51. The number of anilines is 1. The van der Waals surface area contributed by atoms with E-state index >= 15 is 0 Å². The maximum absolute atomic E-state index is 12.4. The molecule has 3 aromatic rings. The molecule has 0 saturated heterocycles. The molecular weight excluding hydrogens is 364 g/mol. The average Bonchev–Trinajstić information content (AvgIpc) is 3.15. The van der Waals surface area contributed by atoms with Gasteiger partial charge in [-0.05, 0) is 43.5 Å². The highest BCUT2D eigenvalue weighted by molar-refractivity contribution is 7.16. The lowest BCUT2D eigenvalue weighted by molar-refractivity contribution is -0.116. The van der Waals surface area contributed by atoms with Crippen LogP contribution in [0.4, 0.5) is 5.69 Å². The SMILES string of the molecule is CCN(CC)C(=O)c1cccc(NC(=O)Cn2cnc3sccc3c2=O)c1. The van der Waals surface area contributed by atoms with Crippen LogP contribution < -0.4 is 10.9 Å². The van der Waals surface area contributed by atoms with Crippen LogP contribution in [0.25, 0.3) is 10.2 Å². The van der Waals surface area contributed by atoms with Crippen molar-refractivity contribution in [3.8, 4) is 0 Å². The van der Waals surface area contributed by atoms with Gasteiger partial charge in [0.1, 0.15) is 11.4 Å². The molecule has 8 heteroatoms. The molecule has 0 unspecified atom stereocenters. The van der Waals surface area contributed by atoms with E-state index in [0.29, 0.717) is 34.6 Å². The number of thiophene rings is 1. The van der Waals surface area contributed by atoms with Crippen LogP contribution in [-0.2, 0) is 11.3 Å². The number of fused-ring (bicyclic) bond motifs is 1. The normalized spacial score (nSPS) is 10.7. The molecule has 0 radical (unpaired) electrons. The van der Waals surface area contributed by atoms with Crippen molar-refractivity contribution in [3.05, 3.63) is 58.0 Å². The van der Waals surface area contributed by atoms with Crippen LogP contribution >= 0.6 is 11.3 Å². The summed E-state index contributed by atoms with van der Waals surface area (Å²) in [6.45, 7) is 4.93. The molecule has 140 valence electrons. The summed E-state index contributed by atoms with van der Waals surface area (Å²) in [4.78, 5) is 43.7. The van der Waals surface area contributed by atoms with Gasteiger partial charge in [0.25, 0.3) is 11.5 Å². The van der Waals surface area contributed by atoms with Crippen LogP contribution in [0.3, 0.4) is 0 Å². The minimum absolute atomic E-state index is 0.0839. The lowest BCUT2D eigenvalue weighted by atomic mass is 10.1. The Hall–Kier alpha value is -3.00. The molecule has 2 amide bonds. The Balaban J connectivity index is 1.74. The van der Waals surface area contributed by atoms with E-state index in [1.807, 2.05) is 13.8 Å². The molecule has 0 atom stereocenters. The third-order valence-electron chi connectivity index (χ3n) is 4.21. The third kappa shape index (κ3) is 4.06. The van der Waals surface area contributed by atoms with E-state index in [2.05, 4.69) is 10.3 Å². The smallest absolute Gasteiger partial charge is 0.262 e. The topological polar surface area (TPSA) is 84.3 Å². The van der Waals surface area contributed by atoms with E-state index in [4.69, 9.17) is 0 Å². The van der Waals surface area contributed by atoms with Crippen LogP contribution in [0, 0.1) is 0 Å². The van der Waals surface area contributed by atoms with Crippen LogP contribution in [0.5, 0.6) is 0 Å². The molecule has 0 bridgehead atoms. The molecule has 27 heavy (non-hydrogen) atoms. The van der Waals surface area contributed by atoms with E-state index in [1.165, 1.54) is 22.2 Å². The summed E-state index contributed by atoms with van der Waals surface area (Å²) in [5, 5.41) is 5.03. The van der Waals surface area contributed by atoms with Crippen molar-refractivity contribution in [2.45, 2.75) is 20.4 Å². The average molecular weight is 384 g/mol. The number of hydrogen-bond donors (Lipinski definition) is 1. The van der Waals surface area contributed by atoms with Crippen LogP contribution in [0.1, 0.15) is 24.2 Å². The molecule has 0 spiro atoms. The highest BCUT2D eigenvalue weighted by atomic mass is 32.1. The van der Waals surface area contributed by atoms with Gasteiger partial charge in [0.2, 0.25) is 5.91 Å². The van der Waals surface area contributed by atoms with E-state index in [9.17, 15) is 14.4 Å². The molecule has 0 aliphatic heterocycles. The van der Waals surface area contributed by atoms with Gasteiger partial charge in [0.15, 0.2) is 0 Å². The second-order valence-electron chi connectivity index (χ2n) is 5.92. The highest BCUT2D eigenvalue weighted by Crippen LogP contribution is 2.14. The molecule has 2 aromatic heterocycles. The maximum atomic E-state index is 12.4. The number of benzene rings is 1. The summed E-state index contributed by atoms with van der Waals surface area (Å²) in [7, 11) is 0. The second-order valence-corrected chi connectivity index (χ2v) is 6.82. The van der Waals surface area contributed by atoms with Gasteiger partial charge in [-0.25, -0.2) is 4.98 Å². The first-order valence-corrected chi connectivity index (χ1v) is 9.53. The van der Waals surface area contributed by atoms with E-state index in [-0.39, 0.29) is 23.9 Å². The lowest BCUT2D eigenvalue weighted by Crippen LogP contribution is -2.30. The lowest BCUT2D eigenvalue weighted by Gasteiger charge is -2.19. The van der Waals surface area contributed by atoms with Crippen molar-refractivity contribution in [1.82, 2.24) is 14.5 Å². The summed E-state index contributed by atoms with van der Waals surface area (Å²) in [5.41, 5.74) is 0.771. The zero-order valence-corrected chi connectivity index (χ0v) is 16.0. The number of carbonyl (C=O) groups excluding carboxylic acids is 2. The molecule has 0 aliphatic rings. The molecule has 1 aromatic carbocycles. The van der Waals surface area contributed by atoms with Crippen molar-refractivity contribution < 1.29 is 9.59 Å². The largest absolute Gasteiger partial charge is 0.339 e. The first-order valence-electron chi connectivity index (χ1n) is 8.65. The quantitative estimate of drug-likeness (QED) is 0.708. The monoisotopic (exact) mass is 384 g/mol. The predicted octanol–water partition coefficient (Wildman–Crippen LogP) is 2.58. The zero-order chi connectivity index (χ0) is 19.4. The van der Waals surface area contributed by atoms with Gasteiger partial charge in [0.05, 0.1) is 11.7 Å². The van der Waals surface area contributed by atoms with Gasteiger partial charge in [-0.15, -0.1) is 11.3 Å². The van der Waals surface area contributed by atoms with E-state index < -0.39 is 0 Å². The van der Waals surface area contributed by atoms with Crippen molar-refractivity contribution in [2.24, 2.45) is 0 Å². The third-order valence-corrected chi connectivity index (χ3v) is 5.03. The Bertz CT molecular complexity index is 1040. The maximum Gasteiger partial charge on any atom is 0.262 e. The number of amides is 2. The Morgan fingerprint density at radius 1 is 1.22 bits per heavy atom. The summed E-state index contributed by atoms with van der Waals surface area (Å²) >= 11 is 1.38. The number of carbonyl (C=O) groups is 2. The zero-order valence-electron chi connectivity index (χ0n) is 15.1. The van der Waals surface area contributed by atoms with Crippen molar-refractivity contribution in [1.29, 1.82) is 0 Å². The Kier molecular flexibility index (Phi) is 5.66. The molecule has 3 rings (SSSR count). The number of aromatic nitrogens is 2. The molecule has 0 saturated carbocycles. The van der Waals surface area contributed by atoms with Crippen molar-refractivity contribution in [2.75, 3.05) is 18.4 Å². The fourth-order valence-electron chi connectivity index (χ4n) is 2.78. The highest BCUT2D eigenvalue weighted by Gasteiger charge is 2.14. The molecule has 0 fully saturated rings. The van der Waals surface area contributed by atoms with Gasteiger partial charge in [0, 0.05) is 24.3 Å². The first-order chi connectivity index (χ1) is 13.0.